The molecule has 5 rings (SSSR count). The Morgan fingerprint density at radius 2 is 1.76 bits per heavy atom. The molecule has 1 aromatic heterocycles. The van der Waals surface area contributed by atoms with Gasteiger partial charge in [-0.1, -0.05) is 30.3 Å². The molecule has 0 atom stereocenters. The number of ether oxygens (including phenoxy) is 2. The topological polar surface area (TPSA) is 84.9 Å². The first-order valence-electron chi connectivity index (χ1n) is 10.8. The second kappa shape index (κ2) is 9.26. The SMILES string of the molecule is O=C(NCc1ccc(-c2ccc3c(c2)CCO3)cc1)c1sccc1S(=O)(=O)N1CCOCC1. The van der Waals surface area contributed by atoms with E-state index in [9.17, 15) is 13.2 Å². The van der Waals surface area contributed by atoms with Gasteiger partial charge in [0.1, 0.15) is 15.5 Å². The summed E-state index contributed by atoms with van der Waals surface area (Å²) in [7, 11) is -3.72. The van der Waals surface area contributed by atoms with Crippen LogP contribution < -0.4 is 10.1 Å². The first-order chi connectivity index (χ1) is 16.0. The maximum atomic E-state index is 13.0. The van der Waals surface area contributed by atoms with E-state index in [1.807, 2.05) is 36.4 Å². The number of benzene rings is 2. The number of hydrogen-bond acceptors (Lipinski definition) is 6. The van der Waals surface area contributed by atoms with Crippen LogP contribution in [0.3, 0.4) is 0 Å². The van der Waals surface area contributed by atoms with Gasteiger partial charge in [-0.25, -0.2) is 8.42 Å². The summed E-state index contributed by atoms with van der Waals surface area (Å²) in [6.45, 7) is 2.36. The highest BCUT2D eigenvalue weighted by Gasteiger charge is 2.31. The molecule has 7 nitrogen and oxygen atoms in total. The molecule has 1 fully saturated rings. The number of nitrogens with one attached hydrogen (secondary N) is 1. The van der Waals surface area contributed by atoms with E-state index in [1.54, 1.807) is 5.38 Å². The summed E-state index contributed by atoms with van der Waals surface area (Å²) in [5.41, 5.74) is 4.39. The molecule has 2 aliphatic heterocycles. The lowest BCUT2D eigenvalue weighted by molar-refractivity contribution is 0.0730. The second-order valence-electron chi connectivity index (χ2n) is 7.93. The smallest absolute Gasteiger partial charge is 0.263 e. The van der Waals surface area contributed by atoms with Crippen molar-refractivity contribution in [1.29, 1.82) is 0 Å². The molecule has 172 valence electrons. The molecule has 1 N–H and O–H groups in total. The van der Waals surface area contributed by atoms with Gasteiger partial charge in [0.05, 0.1) is 19.8 Å². The molecule has 33 heavy (non-hydrogen) atoms. The van der Waals surface area contributed by atoms with Crippen LogP contribution >= 0.6 is 11.3 Å². The zero-order valence-electron chi connectivity index (χ0n) is 18.0. The van der Waals surface area contributed by atoms with Crippen molar-refractivity contribution in [2.75, 3.05) is 32.9 Å². The lowest BCUT2D eigenvalue weighted by atomic mass is 10.0. The van der Waals surface area contributed by atoms with Gasteiger partial charge >= 0.3 is 0 Å². The van der Waals surface area contributed by atoms with Crippen molar-refractivity contribution >= 4 is 27.3 Å². The minimum atomic E-state index is -3.72. The lowest BCUT2D eigenvalue weighted by Gasteiger charge is -2.26. The van der Waals surface area contributed by atoms with E-state index >= 15 is 0 Å². The Kier molecular flexibility index (Phi) is 6.20. The lowest BCUT2D eigenvalue weighted by Crippen LogP contribution is -2.41. The highest BCUT2D eigenvalue weighted by atomic mass is 32.2. The Bertz CT molecular complexity index is 1260. The van der Waals surface area contributed by atoms with Gasteiger partial charge in [0, 0.05) is 26.1 Å². The summed E-state index contributed by atoms with van der Waals surface area (Å²) in [5, 5.41) is 4.49. The summed E-state index contributed by atoms with van der Waals surface area (Å²) >= 11 is 1.13. The summed E-state index contributed by atoms with van der Waals surface area (Å²) in [5.74, 6) is 0.571. The molecule has 0 radical (unpaired) electrons. The Hall–Kier alpha value is -2.72. The zero-order valence-corrected chi connectivity index (χ0v) is 19.6. The molecule has 3 aromatic rings. The minimum Gasteiger partial charge on any atom is -0.493 e. The molecule has 3 heterocycles. The van der Waals surface area contributed by atoms with Crippen LogP contribution in [-0.4, -0.2) is 51.5 Å². The van der Waals surface area contributed by atoms with Gasteiger partial charge in [0.2, 0.25) is 10.0 Å². The maximum absolute atomic E-state index is 13.0. The second-order valence-corrected chi connectivity index (χ2v) is 10.8. The molecule has 0 saturated carbocycles. The number of thiophene rings is 1. The summed E-state index contributed by atoms with van der Waals surface area (Å²) < 4.78 is 38.2. The average Bonchev–Trinajstić information content (AvgIpc) is 3.53. The molecule has 2 aromatic carbocycles. The van der Waals surface area contributed by atoms with Crippen LogP contribution in [0.4, 0.5) is 0 Å². The van der Waals surface area contributed by atoms with Crippen molar-refractivity contribution in [3.63, 3.8) is 0 Å². The Balaban J connectivity index is 1.25. The molecule has 9 heteroatoms. The highest BCUT2D eigenvalue weighted by molar-refractivity contribution is 7.89. The van der Waals surface area contributed by atoms with Crippen LogP contribution in [0, 0.1) is 0 Å². The molecular weight excluding hydrogens is 460 g/mol. The average molecular weight is 485 g/mol. The largest absolute Gasteiger partial charge is 0.493 e. The first kappa shape index (κ1) is 22.1. The number of morpholine rings is 1. The molecule has 0 bridgehead atoms. The number of sulfonamides is 1. The molecule has 2 aliphatic rings. The van der Waals surface area contributed by atoms with Crippen molar-refractivity contribution in [3.05, 3.63) is 69.9 Å². The highest BCUT2D eigenvalue weighted by Crippen LogP contribution is 2.31. The fourth-order valence-electron chi connectivity index (χ4n) is 4.04. The molecule has 0 spiro atoms. The van der Waals surface area contributed by atoms with E-state index in [4.69, 9.17) is 9.47 Å². The molecule has 1 saturated heterocycles. The van der Waals surface area contributed by atoms with E-state index < -0.39 is 10.0 Å². The van der Waals surface area contributed by atoms with Crippen LogP contribution in [0.2, 0.25) is 0 Å². The fourth-order valence-corrected chi connectivity index (χ4v) is 6.76. The van der Waals surface area contributed by atoms with Gasteiger partial charge in [-0.05, 0) is 45.8 Å². The van der Waals surface area contributed by atoms with Gasteiger partial charge in [-0.3, -0.25) is 4.79 Å². The van der Waals surface area contributed by atoms with Crippen LogP contribution in [0.15, 0.2) is 58.8 Å². The van der Waals surface area contributed by atoms with Gasteiger partial charge in [0.25, 0.3) is 5.91 Å². The summed E-state index contributed by atoms with van der Waals surface area (Å²) in [6, 6.07) is 15.7. The fraction of sp³-hybridized carbons (Fsp3) is 0.292. The van der Waals surface area contributed by atoms with Gasteiger partial charge in [-0.15, -0.1) is 11.3 Å². The number of amides is 1. The van der Waals surface area contributed by atoms with E-state index in [1.165, 1.54) is 15.9 Å². The van der Waals surface area contributed by atoms with Gasteiger partial charge in [0.15, 0.2) is 0 Å². The van der Waals surface area contributed by atoms with Crippen molar-refractivity contribution in [3.8, 4) is 16.9 Å². The molecule has 0 unspecified atom stereocenters. The Morgan fingerprint density at radius 3 is 2.55 bits per heavy atom. The predicted octanol–water partition coefficient (Wildman–Crippen LogP) is 3.30. The normalized spacial score (nSPS) is 16.2. The van der Waals surface area contributed by atoms with E-state index in [2.05, 4.69) is 11.4 Å². The third kappa shape index (κ3) is 4.54. The number of carbonyl (C=O) groups excluding carboxylic acids is 1. The summed E-state index contributed by atoms with van der Waals surface area (Å²) in [6.07, 6.45) is 0.930. The minimum absolute atomic E-state index is 0.0582. The van der Waals surface area contributed by atoms with Gasteiger partial charge in [-0.2, -0.15) is 4.31 Å². The zero-order chi connectivity index (χ0) is 22.8. The number of carbonyl (C=O) groups is 1. The third-order valence-corrected chi connectivity index (χ3v) is 8.84. The van der Waals surface area contributed by atoms with E-state index in [-0.39, 0.29) is 15.7 Å². The van der Waals surface area contributed by atoms with E-state index in [0.717, 1.165) is 46.8 Å². The van der Waals surface area contributed by atoms with Crippen LogP contribution in [0.5, 0.6) is 5.75 Å². The monoisotopic (exact) mass is 484 g/mol. The number of hydrogen-bond donors (Lipinski definition) is 1. The maximum Gasteiger partial charge on any atom is 0.263 e. The van der Waals surface area contributed by atoms with E-state index in [0.29, 0.717) is 32.8 Å². The molecule has 0 aliphatic carbocycles. The van der Waals surface area contributed by atoms with Crippen molar-refractivity contribution in [1.82, 2.24) is 9.62 Å². The quantitative estimate of drug-likeness (QED) is 0.580. The Labute approximate surface area is 197 Å². The van der Waals surface area contributed by atoms with Crippen molar-refractivity contribution in [2.24, 2.45) is 0 Å². The molecular formula is C24H24N2O5S2. The number of nitrogens with zero attached hydrogens (tertiary/aromatic N) is 1. The predicted molar refractivity (Wildman–Crippen MR) is 126 cm³/mol. The standard InChI is InChI=1S/C24H24N2O5S2/c27-24(23-22(8-14-32-23)33(28,29)26-9-12-30-13-10-26)25-16-17-1-3-18(4-2-17)19-5-6-21-20(15-19)7-11-31-21/h1-6,8,14-15H,7,9-13,16H2,(H,25,27). The molecule has 1 amide bonds. The third-order valence-electron chi connectivity index (χ3n) is 5.85. The Morgan fingerprint density at radius 1 is 1.00 bits per heavy atom. The number of rotatable bonds is 6. The van der Waals surface area contributed by atoms with Crippen LogP contribution in [0.25, 0.3) is 11.1 Å². The van der Waals surface area contributed by atoms with Crippen LogP contribution in [0.1, 0.15) is 20.8 Å². The van der Waals surface area contributed by atoms with Crippen molar-refractivity contribution < 1.29 is 22.7 Å². The summed E-state index contributed by atoms with van der Waals surface area (Å²) in [4.78, 5) is 13.1. The van der Waals surface area contributed by atoms with Gasteiger partial charge < -0.3 is 14.8 Å². The van der Waals surface area contributed by atoms with Crippen LogP contribution in [-0.2, 0) is 27.7 Å². The first-order valence-corrected chi connectivity index (χ1v) is 13.1. The number of fused-ring (bicyclic) bond motifs is 1. The van der Waals surface area contributed by atoms with Crippen molar-refractivity contribution in [2.45, 2.75) is 17.9 Å².